The van der Waals surface area contributed by atoms with Gasteiger partial charge in [0.2, 0.25) is 0 Å². The summed E-state index contributed by atoms with van der Waals surface area (Å²) in [6.45, 7) is 0. The van der Waals surface area contributed by atoms with Gasteiger partial charge in [-0.3, -0.25) is 0 Å². The van der Waals surface area contributed by atoms with Crippen molar-refractivity contribution >= 4 is 73.4 Å². The van der Waals surface area contributed by atoms with E-state index in [2.05, 4.69) is 0 Å². The Bertz CT molecular complexity index is 8.00. The maximum absolute atomic E-state index is 0. The SMILES string of the molecule is B.Cl.[MgH2].[NaH]. The molecule has 0 aliphatic carbocycles. The van der Waals surface area contributed by atoms with Crippen LogP contribution in [-0.4, -0.2) is 61.0 Å². The topological polar surface area (TPSA) is 0 Å². The molecule has 0 aliphatic rings. The van der Waals surface area contributed by atoms with Gasteiger partial charge in [0.05, 0.1) is 8.41 Å². The van der Waals surface area contributed by atoms with Gasteiger partial charge in [-0.15, -0.1) is 12.4 Å². The average molecular weight is 101 g/mol. The van der Waals surface area contributed by atoms with Crippen LogP contribution in [0.2, 0.25) is 0 Å². The zero-order valence-corrected chi connectivity index (χ0v) is 1.22. The molecule has 0 bridgehead atoms. The summed E-state index contributed by atoms with van der Waals surface area (Å²) in [5, 5.41) is 0. The molecule has 0 aliphatic heterocycles. The van der Waals surface area contributed by atoms with E-state index >= 15 is 0 Å². The average Bonchev–Trinajstić information content (AvgIpc) is 0. The van der Waals surface area contributed by atoms with Crippen LogP contribution in [-0.2, 0) is 0 Å². The van der Waals surface area contributed by atoms with Crippen molar-refractivity contribution in [3.63, 3.8) is 0 Å². The fraction of sp³-hybridized carbons (Fsp3) is 0. The molecule has 0 amide bonds. The van der Waals surface area contributed by atoms with Gasteiger partial charge in [0.15, 0.2) is 0 Å². The van der Waals surface area contributed by atoms with Crippen molar-refractivity contribution in [3.05, 3.63) is 0 Å². The van der Waals surface area contributed by atoms with Crippen molar-refractivity contribution in [2.45, 2.75) is 0 Å². The van der Waals surface area contributed by atoms with Gasteiger partial charge in [-0.1, -0.05) is 0 Å². The predicted molar refractivity (Wildman–Crippen MR) is 32.9 cm³/mol. The Balaban J connectivity index is 0. The van der Waals surface area contributed by atoms with Crippen LogP contribution < -0.4 is 0 Å². The van der Waals surface area contributed by atoms with Gasteiger partial charge in [0.25, 0.3) is 0 Å². The monoisotopic (exact) mass is 100 g/mol. The summed E-state index contributed by atoms with van der Waals surface area (Å²) >= 11 is 0. The van der Waals surface area contributed by atoms with E-state index in [4.69, 9.17) is 0 Å². The van der Waals surface area contributed by atoms with Crippen LogP contribution in [0.3, 0.4) is 0 Å². The van der Waals surface area contributed by atoms with Gasteiger partial charge in [-0.25, -0.2) is 0 Å². The molecule has 0 aromatic rings. The summed E-state index contributed by atoms with van der Waals surface area (Å²) in [6, 6.07) is 0. The molecule has 0 aromatic heterocycles. The minimum atomic E-state index is 0. The molecule has 0 spiro atoms. The third kappa shape index (κ3) is 8.92. The van der Waals surface area contributed by atoms with Crippen LogP contribution in [0.1, 0.15) is 0 Å². The molecule has 0 N–H and O–H groups in total. The summed E-state index contributed by atoms with van der Waals surface area (Å²) < 4.78 is 0. The second kappa shape index (κ2) is 19.3. The second-order valence-electron chi connectivity index (χ2n) is 0. The maximum atomic E-state index is 0. The van der Waals surface area contributed by atoms with Gasteiger partial charge >= 0.3 is 52.6 Å². The molecular formula is H7BClMgNa. The Hall–Kier alpha value is 2.12. The van der Waals surface area contributed by atoms with Gasteiger partial charge in [-0.2, -0.15) is 0 Å². The van der Waals surface area contributed by atoms with E-state index in [1.165, 1.54) is 0 Å². The summed E-state index contributed by atoms with van der Waals surface area (Å²) in [7, 11) is 0. The van der Waals surface area contributed by atoms with Crippen molar-refractivity contribution in [1.29, 1.82) is 0 Å². The molecule has 0 radical (unpaired) electrons. The Kier molecular flexibility index (Phi) is 172. The third-order valence-electron chi connectivity index (χ3n) is 0. The molecule has 0 fully saturated rings. The summed E-state index contributed by atoms with van der Waals surface area (Å²) in [6.07, 6.45) is 0. The molecule has 0 aromatic carbocycles. The van der Waals surface area contributed by atoms with E-state index in [1.807, 2.05) is 0 Å². The fourth-order valence-corrected chi connectivity index (χ4v) is 0. The Labute approximate surface area is 72.5 Å². The zero-order chi connectivity index (χ0) is 0. The van der Waals surface area contributed by atoms with Crippen molar-refractivity contribution < 1.29 is 0 Å². The van der Waals surface area contributed by atoms with E-state index in [1.54, 1.807) is 0 Å². The Morgan fingerprint density at radius 1 is 1.00 bits per heavy atom. The first-order valence-electron chi connectivity index (χ1n) is 0. The van der Waals surface area contributed by atoms with Gasteiger partial charge in [0.1, 0.15) is 0 Å². The van der Waals surface area contributed by atoms with E-state index in [9.17, 15) is 0 Å². The van der Waals surface area contributed by atoms with Gasteiger partial charge in [0, 0.05) is 0 Å². The van der Waals surface area contributed by atoms with Crippen LogP contribution in [0.5, 0.6) is 0 Å². The summed E-state index contributed by atoms with van der Waals surface area (Å²) in [5.74, 6) is 0. The Morgan fingerprint density at radius 2 is 1.00 bits per heavy atom. The minimum absolute atomic E-state index is 0. The molecule has 0 rings (SSSR count). The van der Waals surface area contributed by atoms with Crippen LogP contribution in [0.4, 0.5) is 0 Å². The normalized spacial score (nSPS) is 0. The molecular weight excluding hydrogens is 93.6 g/mol. The number of hydrogen-bond donors (Lipinski definition) is 0. The van der Waals surface area contributed by atoms with E-state index in [0.29, 0.717) is 0 Å². The number of rotatable bonds is 0. The van der Waals surface area contributed by atoms with E-state index in [-0.39, 0.29) is 73.4 Å². The first kappa shape index (κ1) is 35.7. The molecule has 0 nitrogen and oxygen atoms in total. The Morgan fingerprint density at radius 3 is 1.00 bits per heavy atom. The predicted octanol–water partition coefficient (Wildman–Crippen LogP) is -2.33. The van der Waals surface area contributed by atoms with E-state index in [0.717, 1.165) is 0 Å². The molecule has 0 saturated carbocycles. The summed E-state index contributed by atoms with van der Waals surface area (Å²) in [5.41, 5.74) is 0. The molecule has 0 saturated heterocycles. The molecule has 0 atom stereocenters. The van der Waals surface area contributed by atoms with Crippen molar-refractivity contribution in [1.82, 2.24) is 0 Å². The van der Waals surface area contributed by atoms with E-state index < -0.39 is 0 Å². The van der Waals surface area contributed by atoms with Crippen LogP contribution >= 0.6 is 12.4 Å². The molecule has 0 unspecified atom stereocenters. The quantitative estimate of drug-likeness (QED) is 0.300. The van der Waals surface area contributed by atoms with Gasteiger partial charge in [-0.05, 0) is 0 Å². The van der Waals surface area contributed by atoms with Crippen LogP contribution in [0, 0.1) is 0 Å². The third-order valence-corrected chi connectivity index (χ3v) is 0. The summed E-state index contributed by atoms with van der Waals surface area (Å²) in [4.78, 5) is 0. The van der Waals surface area contributed by atoms with Crippen molar-refractivity contribution in [2.75, 3.05) is 0 Å². The molecule has 4 heteroatoms. The number of halogens is 1. The first-order valence-corrected chi connectivity index (χ1v) is 0. The second-order valence-corrected chi connectivity index (χ2v) is 0. The fourth-order valence-electron chi connectivity index (χ4n) is 0. The molecule has 20 valence electrons. The molecule has 0 heterocycles. The van der Waals surface area contributed by atoms with Crippen molar-refractivity contribution in [3.8, 4) is 0 Å². The first-order chi connectivity index (χ1) is 0. The molecule has 4 heavy (non-hydrogen) atoms. The number of hydrogen-bond acceptors (Lipinski definition) is 0. The van der Waals surface area contributed by atoms with Gasteiger partial charge < -0.3 is 0 Å². The van der Waals surface area contributed by atoms with Crippen LogP contribution in [0.15, 0.2) is 0 Å². The van der Waals surface area contributed by atoms with Crippen LogP contribution in [0.25, 0.3) is 0 Å². The van der Waals surface area contributed by atoms with Crippen molar-refractivity contribution in [2.24, 2.45) is 0 Å². The standard InChI is InChI=1S/BH3.ClH.Mg.Na.3H/h1H3;1H;;;;;. The zero-order valence-electron chi connectivity index (χ0n) is 0.408.